The first-order valence-corrected chi connectivity index (χ1v) is 17.5. The number of hydrogen-bond acceptors (Lipinski definition) is 5. The second-order valence-electron chi connectivity index (χ2n) is 12.9. The van der Waals surface area contributed by atoms with E-state index in [9.17, 15) is 14.4 Å². The monoisotopic (exact) mass is 642 g/mol. The van der Waals surface area contributed by atoms with Gasteiger partial charge in [0.05, 0.1) is 5.25 Å². The van der Waals surface area contributed by atoms with Gasteiger partial charge in [-0.05, 0) is 54.9 Å². The van der Waals surface area contributed by atoms with E-state index in [0.717, 1.165) is 53.8 Å². The quantitative estimate of drug-likeness (QED) is 0.258. The van der Waals surface area contributed by atoms with E-state index < -0.39 is 5.25 Å². The van der Waals surface area contributed by atoms with E-state index in [0.29, 0.717) is 38.7 Å². The van der Waals surface area contributed by atoms with Crippen molar-refractivity contribution in [1.82, 2.24) is 14.7 Å². The Kier molecular flexibility index (Phi) is 10.2. The van der Waals surface area contributed by atoms with Gasteiger partial charge in [-0.1, -0.05) is 80.6 Å². The number of likely N-dealkylation sites (tertiary alicyclic amines) is 1. The molecule has 0 aromatic heterocycles. The van der Waals surface area contributed by atoms with Crippen molar-refractivity contribution in [3.8, 4) is 5.75 Å². The number of benzene rings is 3. The van der Waals surface area contributed by atoms with Crippen LogP contribution in [-0.4, -0.2) is 70.0 Å². The first-order chi connectivity index (χ1) is 22.4. The van der Waals surface area contributed by atoms with Crippen molar-refractivity contribution in [3.63, 3.8) is 0 Å². The molecule has 8 nitrogen and oxygen atoms in total. The van der Waals surface area contributed by atoms with Crippen LogP contribution in [0.2, 0.25) is 0 Å². The van der Waals surface area contributed by atoms with E-state index >= 15 is 0 Å². The molecule has 3 aliphatic heterocycles. The molecule has 2 unspecified atom stereocenters. The normalized spacial score (nSPS) is 20.5. The van der Waals surface area contributed by atoms with Gasteiger partial charge >= 0.3 is 6.03 Å². The molecule has 3 aromatic rings. The number of rotatable bonds is 10. The van der Waals surface area contributed by atoms with Crippen molar-refractivity contribution in [2.24, 2.45) is 5.92 Å². The molecule has 244 valence electrons. The summed E-state index contributed by atoms with van der Waals surface area (Å²) < 4.78 is 6.29. The van der Waals surface area contributed by atoms with Gasteiger partial charge in [0, 0.05) is 51.3 Å². The first kappa shape index (κ1) is 32.0. The number of piperidine rings is 1. The van der Waals surface area contributed by atoms with Crippen molar-refractivity contribution >= 4 is 35.3 Å². The minimum absolute atomic E-state index is 0. The van der Waals surface area contributed by atoms with Crippen LogP contribution in [0.15, 0.2) is 78.9 Å². The summed E-state index contributed by atoms with van der Waals surface area (Å²) in [4.78, 5) is 46.3. The molecule has 1 N–H and O–H groups in total. The van der Waals surface area contributed by atoms with Crippen LogP contribution in [0.4, 0.5) is 10.5 Å². The number of anilines is 1. The van der Waals surface area contributed by atoms with Crippen LogP contribution >= 0.6 is 11.8 Å². The standard InChI is InChI=1S/C37H44N4O4S.H2/c1-26(2)16-22-41-35(43)33(46-36(41)30-13-7-9-15-32(30)45-25-27-10-4-3-5-11-27)24-34(42)39-20-18-29(19-21-39)40-23-17-28-12-6-8-14-31(28)38-37(40)44;/h3-15,26,29,33,36H,16-25H2,1-2H3,(H,38,44);1H. The maximum absolute atomic E-state index is 13.9. The average Bonchev–Trinajstić information content (AvgIpc) is 3.26. The van der Waals surface area contributed by atoms with Crippen LogP contribution in [0, 0.1) is 5.92 Å². The summed E-state index contributed by atoms with van der Waals surface area (Å²) >= 11 is 1.57. The number of ether oxygens (including phenoxy) is 1. The van der Waals surface area contributed by atoms with Gasteiger partial charge < -0.3 is 24.8 Å². The van der Waals surface area contributed by atoms with Crippen LogP contribution in [0.5, 0.6) is 5.75 Å². The number of amides is 4. The fraction of sp³-hybridized carbons (Fsp3) is 0.432. The van der Waals surface area contributed by atoms with Gasteiger partial charge in [0.2, 0.25) is 11.8 Å². The molecule has 0 aliphatic carbocycles. The highest BCUT2D eigenvalue weighted by Gasteiger charge is 2.43. The zero-order valence-corrected chi connectivity index (χ0v) is 27.6. The molecule has 6 rings (SSSR count). The number of urea groups is 1. The van der Waals surface area contributed by atoms with E-state index in [4.69, 9.17) is 4.74 Å². The number of fused-ring (bicyclic) bond motifs is 1. The SMILES string of the molecule is CC(C)CCN1C(=O)C(CC(=O)N2CCC(N3CCc4ccccc4NC3=O)CC2)SC1c1ccccc1OCc1ccccc1.[HH]. The molecule has 2 fully saturated rings. The molecular formula is C37H46N4O4S. The molecule has 2 atom stereocenters. The number of carbonyl (C=O) groups excluding carboxylic acids is 3. The maximum atomic E-state index is 13.9. The number of para-hydroxylation sites is 2. The van der Waals surface area contributed by atoms with Crippen LogP contribution in [0.25, 0.3) is 0 Å². The molecule has 0 saturated carbocycles. The molecule has 46 heavy (non-hydrogen) atoms. The van der Waals surface area contributed by atoms with Crippen molar-refractivity contribution in [3.05, 3.63) is 95.6 Å². The summed E-state index contributed by atoms with van der Waals surface area (Å²) in [6, 6.07) is 26.0. The lowest BCUT2D eigenvalue weighted by Gasteiger charge is -2.38. The van der Waals surface area contributed by atoms with E-state index in [1.807, 2.05) is 87.5 Å². The van der Waals surface area contributed by atoms with Crippen LogP contribution in [-0.2, 0) is 22.6 Å². The summed E-state index contributed by atoms with van der Waals surface area (Å²) in [5.41, 5.74) is 4.08. The minimum Gasteiger partial charge on any atom is -0.489 e. The third kappa shape index (κ3) is 7.35. The Morgan fingerprint density at radius 2 is 1.67 bits per heavy atom. The molecule has 3 heterocycles. The van der Waals surface area contributed by atoms with Crippen molar-refractivity contribution in [2.45, 2.75) is 69.2 Å². The van der Waals surface area contributed by atoms with E-state index in [-0.39, 0.29) is 37.1 Å². The van der Waals surface area contributed by atoms with E-state index in [1.54, 1.807) is 11.8 Å². The Labute approximate surface area is 277 Å². The highest BCUT2D eigenvalue weighted by molar-refractivity contribution is 8.01. The molecule has 0 radical (unpaired) electrons. The third-order valence-corrected chi connectivity index (χ3v) is 10.7. The highest BCUT2D eigenvalue weighted by Crippen LogP contribution is 2.47. The zero-order valence-electron chi connectivity index (χ0n) is 26.8. The lowest BCUT2D eigenvalue weighted by molar-refractivity contribution is -0.137. The third-order valence-electron chi connectivity index (χ3n) is 9.26. The number of hydrogen-bond donors (Lipinski definition) is 1. The van der Waals surface area contributed by atoms with Crippen molar-refractivity contribution in [1.29, 1.82) is 0 Å². The molecule has 3 aliphatic rings. The van der Waals surface area contributed by atoms with E-state index in [2.05, 4.69) is 25.2 Å². The van der Waals surface area contributed by atoms with Gasteiger partial charge in [0.25, 0.3) is 0 Å². The summed E-state index contributed by atoms with van der Waals surface area (Å²) in [5.74, 6) is 1.25. The fourth-order valence-corrected chi connectivity index (χ4v) is 8.09. The maximum Gasteiger partial charge on any atom is 0.322 e. The second-order valence-corrected chi connectivity index (χ2v) is 14.1. The Balaban J connectivity index is 0.00000433. The summed E-state index contributed by atoms with van der Waals surface area (Å²) in [6.45, 7) is 7.25. The van der Waals surface area contributed by atoms with Gasteiger partial charge in [-0.2, -0.15) is 0 Å². The molecule has 9 heteroatoms. The fourth-order valence-electron chi connectivity index (χ4n) is 6.59. The van der Waals surface area contributed by atoms with Gasteiger partial charge in [0.15, 0.2) is 0 Å². The Bertz CT molecular complexity index is 1530. The average molecular weight is 643 g/mol. The van der Waals surface area contributed by atoms with Gasteiger partial charge in [-0.25, -0.2) is 4.79 Å². The van der Waals surface area contributed by atoms with Gasteiger partial charge in [-0.15, -0.1) is 11.8 Å². The van der Waals surface area contributed by atoms with Crippen molar-refractivity contribution in [2.75, 3.05) is 31.5 Å². The lowest BCUT2D eigenvalue weighted by Crippen LogP contribution is -2.50. The molecule has 2 saturated heterocycles. The van der Waals surface area contributed by atoms with Gasteiger partial charge in [0.1, 0.15) is 17.7 Å². The predicted octanol–water partition coefficient (Wildman–Crippen LogP) is 6.97. The van der Waals surface area contributed by atoms with Crippen LogP contribution in [0.1, 0.15) is 63.0 Å². The molecule has 3 aromatic carbocycles. The second kappa shape index (κ2) is 14.6. The Morgan fingerprint density at radius 3 is 2.46 bits per heavy atom. The van der Waals surface area contributed by atoms with E-state index in [1.165, 1.54) is 0 Å². The number of nitrogens with one attached hydrogen (secondary N) is 1. The highest BCUT2D eigenvalue weighted by atomic mass is 32.2. The first-order valence-electron chi connectivity index (χ1n) is 16.5. The smallest absolute Gasteiger partial charge is 0.322 e. The Hall–Kier alpha value is -3.98. The lowest BCUT2D eigenvalue weighted by atomic mass is 10.0. The summed E-state index contributed by atoms with van der Waals surface area (Å²) in [5, 5.41) is 2.41. The molecule has 0 bridgehead atoms. The molecule has 4 amide bonds. The molecular weight excluding hydrogens is 596 g/mol. The summed E-state index contributed by atoms with van der Waals surface area (Å²) in [6.07, 6.45) is 3.34. The largest absolute Gasteiger partial charge is 0.489 e. The number of thioether (sulfide) groups is 1. The molecule has 0 spiro atoms. The van der Waals surface area contributed by atoms with Crippen LogP contribution in [0.3, 0.4) is 0 Å². The topological polar surface area (TPSA) is 82.2 Å². The predicted molar refractivity (Wildman–Crippen MR) is 185 cm³/mol. The Morgan fingerprint density at radius 1 is 0.957 bits per heavy atom. The number of nitrogens with zero attached hydrogens (tertiary/aromatic N) is 3. The van der Waals surface area contributed by atoms with Crippen LogP contribution < -0.4 is 10.1 Å². The number of carbonyl (C=O) groups is 3. The summed E-state index contributed by atoms with van der Waals surface area (Å²) in [7, 11) is 0. The van der Waals surface area contributed by atoms with Crippen molar-refractivity contribution < 1.29 is 20.5 Å². The van der Waals surface area contributed by atoms with Gasteiger partial charge in [-0.3, -0.25) is 9.59 Å². The zero-order chi connectivity index (χ0) is 32.0. The minimum atomic E-state index is -0.445.